The van der Waals surface area contributed by atoms with E-state index in [2.05, 4.69) is 64.6 Å². The van der Waals surface area contributed by atoms with Crippen LogP contribution < -0.4 is 0 Å². The second-order valence-corrected chi connectivity index (χ2v) is 9.56. The lowest BCUT2D eigenvalue weighted by atomic mass is 9.91. The van der Waals surface area contributed by atoms with Gasteiger partial charge in [0.15, 0.2) is 5.58 Å². The number of oxazole rings is 1. The van der Waals surface area contributed by atoms with Crippen molar-refractivity contribution in [2.45, 2.75) is 0 Å². The van der Waals surface area contributed by atoms with E-state index in [1.54, 1.807) is 0 Å². The normalized spacial score (nSPS) is 11.6. The number of benzene rings is 4. The molecule has 0 amide bonds. The third-order valence-corrected chi connectivity index (χ3v) is 7.20. The van der Waals surface area contributed by atoms with Crippen LogP contribution in [0.25, 0.3) is 77.5 Å². The maximum Gasteiger partial charge on any atom is 0.227 e. The molecular formula is C34H20N4O. The minimum atomic E-state index is 0.577. The molecule has 0 saturated heterocycles. The fourth-order valence-electron chi connectivity index (χ4n) is 5.46. The van der Waals surface area contributed by atoms with Crippen LogP contribution in [0.5, 0.6) is 0 Å². The number of fused-ring (bicyclic) bond motifs is 4. The van der Waals surface area contributed by atoms with E-state index < -0.39 is 0 Å². The van der Waals surface area contributed by atoms with Gasteiger partial charge in [-0.25, -0.2) is 4.98 Å². The van der Waals surface area contributed by atoms with Gasteiger partial charge in [0.05, 0.1) is 16.6 Å². The predicted molar refractivity (Wildman–Crippen MR) is 156 cm³/mol. The van der Waals surface area contributed by atoms with Crippen molar-refractivity contribution in [3.63, 3.8) is 0 Å². The van der Waals surface area contributed by atoms with Crippen LogP contribution in [0, 0.1) is 0 Å². The second-order valence-electron chi connectivity index (χ2n) is 9.56. The molecule has 0 N–H and O–H groups in total. The van der Waals surface area contributed by atoms with Crippen LogP contribution in [0.15, 0.2) is 126 Å². The first-order valence-electron chi connectivity index (χ1n) is 12.8. The van der Waals surface area contributed by atoms with E-state index in [4.69, 9.17) is 14.4 Å². The molecular weight excluding hydrogens is 480 g/mol. The van der Waals surface area contributed by atoms with Crippen molar-refractivity contribution in [1.29, 1.82) is 0 Å². The van der Waals surface area contributed by atoms with Crippen molar-refractivity contribution >= 4 is 43.8 Å². The SMILES string of the molecule is c1cnc2c(-c3cc(-c4nc5ccccc5o4)cc(-c4cccc5ncccc45)c3)c3cccnc3cc2c1. The Bertz CT molecular complexity index is 2110. The summed E-state index contributed by atoms with van der Waals surface area (Å²) < 4.78 is 6.25. The van der Waals surface area contributed by atoms with Crippen LogP contribution >= 0.6 is 0 Å². The van der Waals surface area contributed by atoms with Gasteiger partial charge in [0, 0.05) is 45.9 Å². The third kappa shape index (κ3) is 3.55. The third-order valence-electron chi connectivity index (χ3n) is 7.20. The highest BCUT2D eigenvalue weighted by molar-refractivity contribution is 6.11. The second kappa shape index (κ2) is 8.57. The highest BCUT2D eigenvalue weighted by atomic mass is 16.3. The van der Waals surface area contributed by atoms with Crippen molar-refractivity contribution < 1.29 is 4.42 Å². The zero-order chi connectivity index (χ0) is 25.8. The van der Waals surface area contributed by atoms with Gasteiger partial charge in [0.1, 0.15) is 5.52 Å². The molecule has 0 bridgehead atoms. The van der Waals surface area contributed by atoms with Gasteiger partial charge in [-0.3, -0.25) is 15.0 Å². The zero-order valence-corrected chi connectivity index (χ0v) is 20.7. The number of hydrogen-bond donors (Lipinski definition) is 0. The van der Waals surface area contributed by atoms with Crippen LogP contribution in [0.1, 0.15) is 0 Å². The number of nitrogens with zero attached hydrogens (tertiary/aromatic N) is 4. The van der Waals surface area contributed by atoms with Crippen molar-refractivity contribution in [2.24, 2.45) is 0 Å². The maximum atomic E-state index is 6.25. The lowest BCUT2D eigenvalue weighted by Gasteiger charge is -2.14. The first kappa shape index (κ1) is 21.6. The fourth-order valence-corrected chi connectivity index (χ4v) is 5.46. The summed E-state index contributed by atoms with van der Waals surface area (Å²) in [5.74, 6) is 0.577. The van der Waals surface area contributed by atoms with Gasteiger partial charge >= 0.3 is 0 Å². The highest BCUT2D eigenvalue weighted by Gasteiger charge is 2.17. The first-order chi connectivity index (χ1) is 19.3. The van der Waals surface area contributed by atoms with Crippen LogP contribution in [0.4, 0.5) is 0 Å². The van der Waals surface area contributed by atoms with Crippen LogP contribution in [-0.2, 0) is 0 Å². The van der Waals surface area contributed by atoms with Gasteiger partial charge in [0.2, 0.25) is 5.89 Å². The molecule has 5 heteroatoms. The molecule has 4 aromatic carbocycles. The fraction of sp³-hybridized carbons (Fsp3) is 0. The van der Waals surface area contributed by atoms with E-state index >= 15 is 0 Å². The van der Waals surface area contributed by atoms with Crippen molar-refractivity contribution in [3.05, 3.63) is 122 Å². The summed E-state index contributed by atoms with van der Waals surface area (Å²) in [5, 5.41) is 3.18. The van der Waals surface area contributed by atoms with Crippen LogP contribution in [0.3, 0.4) is 0 Å². The molecule has 0 atom stereocenters. The summed E-state index contributed by atoms with van der Waals surface area (Å²) in [7, 11) is 0. The molecule has 0 unspecified atom stereocenters. The van der Waals surface area contributed by atoms with Crippen molar-refractivity contribution in [1.82, 2.24) is 19.9 Å². The topological polar surface area (TPSA) is 64.7 Å². The van der Waals surface area contributed by atoms with Gasteiger partial charge < -0.3 is 4.42 Å². The van der Waals surface area contributed by atoms with Gasteiger partial charge in [-0.15, -0.1) is 0 Å². The number of pyridine rings is 3. The van der Waals surface area contributed by atoms with Gasteiger partial charge in [-0.2, -0.15) is 0 Å². The minimum Gasteiger partial charge on any atom is -0.436 e. The van der Waals surface area contributed by atoms with E-state index in [0.717, 1.165) is 71.6 Å². The van der Waals surface area contributed by atoms with E-state index in [1.165, 1.54) is 0 Å². The number of rotatable bonds is 3. The Labute approximate surface area is 223 Å². The zero-order valence-electron chi connectivity index (χ0n) is 20.7. The molecule has 8 aromatic rings. The highest BCUT2D eigenvalue weighted by Crippen LogP contribution is 2.40. The van der Waals surface area contributed by atoms with E-state index in [1.807, 2.05) is 67.1 Å². The Hall–Kier alpha value is -5.42. The van der Waals surface area contributed by atoms with Gasteiger partial charge in [-0.05, 0) is 77.4 Å². The van der Waals surface area contributed by atoms with E-state index in [0.29, 0.717) is 5.89 Å². The molecule has 0 aliphatic heterocycles. The molecule has 0 aliphatic rings. The smallest absolute Gasteiger partial charge is 0.227 e. The largest absolute Gasteiger partial charge is 0.436 e. The van der Waals surface area contributed by atoms with E-state index in [9.17, 15) is 0 Å². The summed E-state index contributed by atoms with van der Waals surface area (Å²) >= 11 is 0. The number of aromatic nitrogens is 4. The molecule has 5 nitrogen and oxygen atoms in total. The molecule has 0 saturated carbocycles. The van der Waals surface area contributed by atoms with E-state index in [-0.39, 0.29) is 0 Å². The predicted octanol–water partition coefficient (Wildman–Crippen LogP) is 8.47. The summed E-state index contributed by atoms with van der Waals surface area (Å²) in [6.07, 6.45) is 5.50. The van der Waals surface area contributed by atoms with Gasteiger partial charge in [0.25, 0.3) is 0 Å². The summed E-state index contributed by atoms with van der Waals surface area (Å²) in [4.78, 5) is 18.9. The summed E-state index contributed by atoms with van der Waals surface area (Å²) in [6, 6.07) is 34.9. The molecule has 39 heavy (non-hydrogen) atoms. The number of hydrogen-bond acceptors (Lipinski definition) is 5. The van der Waals surface area contributed by atoms with Gasteiger partial charge in [-0.1, -0.05) is 42.5 Å². The lowest BCUT2D eigenvalue weighted by molar-refractivity contribution is 0.620. The Balaban J connectivity index is 1.48. The monoisotopic (exact) mass is 500 g/mol. The number of para-hydroxylation sites is 2. The quantitative estimate of drug-likeness (QED) is 0.228. The molecule has 0 aliphatic carbocycles. The molecule has 4 heterocycles. The standard InChI is InChI=1S/C34H20N4O/c1-2-13-31-29(11-1)38-34(39-31)24-18-22(25-8-3-12-28-26(25)9-5-14-35-28)17-23(19-24)32-27-10-6-15-36-30(27)20-21-7-4-16-37-33(21)32/h1-20H. The lowest BCUT2D eigenvalue weighted by Crippen LogP contribution is -1.92. The molecule has 0 fully saturated rings. The Morgan fingerprint density at radius 3 is 2.18 bits per heavy atom. The summed E-state index contributed by atoms with van der Waals surface area (Å²) in [6.45, 7) is 0. The molecule has 8 rings (SSSR count). The maximum absolute atomic E-state index is 6.25. The van der Waals surface area contributed by atoms with Crippen LogP contribution in [-0.4, -0.2) is 19.9 Å². The average Bonchev–Trinajstić information content (AvgIpc) is 3.44. The summed E-state index contributed by atoms with van der Waals surface area (Å²) in [5.41, 5.74) is 9.49. The van der Waals surface area contributed by atoms with Crippen molar-refractivity contribution in [3.8, 4) is 33.7 Å². The van der Waals surface area contributed by atoms with Crippen LogP contribution in [0.2, 0.25) is 0 Å². The molecule has 0 radical (unpaired) electrons. The van der Waals surface area contributed by atoms with Crippen molar-refractivity contribution in [2.75, 3.05) is 0 Å². The molecule has 4 aromatic heterocycles. The Morgan fingerprint density at radius 1 is 0.513 bits per heavy atom. The Kier molecular flexibility index (Phi) is 4.76. The first-order valence-corrected chi connectivity index (χ1v) is 12.8. The molecule has 182 valence electrons. The average molecular weight is 501 g/mol. The Morgan fingerprint density at radius 2 is 1.26 bits per heavy atom. The molecule has 0 spiro atoms. The minimum absolute atomic E-state index is 0.577.